The molecule has 6 unspecified atom stereocenters. The van der Waals surface area contributed by atoms with Gasteiger partial charge >= 0.3 is 0 Å². The zero-order valence-corrected chi connectivity index (χ0v) is 51.5. The van der Waals surface area contributed by atoms with Crippen molar-refractivity contribution in [1.29, 1.82) is 0 Å². The monoisotopic (exact) mass is 1120 g/mol. The van der Waals surface area contributed by atoms with Crippen LogP contribution in [0, 0.1) is 63.4 Å². The summed E-state index contributed by atoms with van der Waals surface area (Å²) in [5.41, 5.74) is 0.220. The Morgan fingerprint density at radius 2 is 0.577 bits per heavy atom. The van der Waals surface area contributed by atoms with Crippen LogP contribution < -0.4 is 44.1 Å². The van der Waals surface area contributed by atoms with Crippen LogP contribution in [0.25, 0.3) is 0 Å². The Balaban J connectivity index is 0.000000231. The van der Waals surface area contributed by atoms with Gasteiger partial charge in [-0.05, 0) is 69.2 Å². The summed E-state index contributed by atoms with van der Waals surface area (Å²) in [6.45, 7) is 44.2. The molecule has 0 aromatic rings. The maximum absolute atomic E-state index is 5.37. The van der Waals surface area contributed by atoms with Gasteiger partial charge in [-0.3, -0.25) is 0 Å². The van der Waals surface area contributed by atoms with Gasteiger partial charge in [0.2, 0.25) is 0 Å². The lowest BCUT2D eigenvalue weighted by Gasteiger charge is -2.44. The van der Waals surface area contributed by atoms with E-state index >= 15 is 0 Å². The maximum Gasteiger partial charge on any atom is 0.111 e. The first-order chi connectivity index (χ1) is 37.0. The van der Waals surface area contributed by atoms with Crippen molar-refractivity contribution in [3.05, 3.63) is 63.4 Å². The number of ether oxygens (including phenoxy) is 10. The molecule has 11 rings (SSSR count). The van der Waals surface area contributed by atoms with Crippen LogP contribution in [-0.2, 0) is 47.4 Å². The van der Waals surface area contributed by atoms with Crippen molar-refractivity contribution < 1.29 is 91.5 Å². The second kappa shape index (κ2) is 39.0. The van der Waals surface area contributed by atoms with Crippen molar-refractivity contribution in [2.45, 2.75) is 160 Å². The first kappa shape index (κ1) is 71.5. The Morgan fingerprint density at radius 3 is 0.795 bits per heavy atom. The minimum Gasteiger partial charge on any atom is -0.464 e. The molecular formula is C59H123N9O10. The number of rotatable bonds is 0. The van der Waals surface area contributed by atoms with E-state index in [2.05, 4.69) is 133 Å². The molecule has 19 heteroatoms. The molecule has 14 atom stereocenters. The van der Waals surface area contributed by atoms with Crippen LogP contribution in [0.4, 0.5) is 0 Å². The molecule has 19 nitrogen and oxygen atoms in total. The molecule has 11 saturated heterocycles. The molecule has 0 spiro atoms. The summed E-state index contributed by atoms with van der Waals surface area (Å²) in [5, 5.41) is 0. The Bertz CT molecular complexity index is 1330. The maximum atomic E-state index is 5.37. The van der Waals surface area contributed by atoms with E-state index in [0.717, 1.165) is 165 Å². The van der Waals surface area contributed by atoms with E-state index in [1.54, 1.807) is 0 Å². The summed E-state index contributed by atoms with van der Waals surface area (Å²) in [6, 6.07) is 6.94. The fourth-order valence-electron chi connectivity index (χ4n) is 10.0. The average Bonchev–Trinajstić information content (AvgIpc) is 3.58. The molecule has 0 radical (unpaired) electrons. The molecule has 78 heavy (non-hydrogen) atoms. The predicted molar refractivity (Wildman–Crippen MR) is 304 cm³/mol. The predicted octanol–water partition coefficient (Wildman–Crippen LogP) is -7.58. The first-order valence-corrected chi connectivity index (χ1v) is 29.9. The molecule has 11 heterocycles. The van der Waals surface area contributed by atoms with Gasteiger partial charge < -0.3 is 91.5 Å². The normalized spacial score (nSPS) is 40.3. The van der Waals surface area contributed by atoms with Crippen molar-refractivity contribution in [2.75, 3.05) is 165 Å². The van der Waals surface area contributed by atoms with E-state index in [1.807, 2.05) is 0 Å². The van der Waals surface area contributed by atoms with Gasteiger partial charge in [0.15, 0.2) is 0 Å². The van der Waals surface area contributed by atoms with Crippen molar-refractivity contribution in [2.24, 2.45) is 0 Å². The molecular weight excluding hydrogens is 995 g/mol. The molecule has 0 saturated carbocycles. The third-order valence-electron chi connectivity index (χ3n) is 17.3. The van der Waals surface area contributed by atoms with Gasteiger partial charge in [-0.1, -0.05) is 0 Å². The fourth-order valence-corrected chi connectivity index (χ4v) is 10.0. The second-order valence-electron chi connectivity index (χ2n) is 24.8. The molecule has 0 amide bonds. The van der Waals surface area contributed by atoms with Gasteiger partial charge in [0, 0.05) is 12.8 Å². The van der Waals surface area contributed by atoms with Crippen molar-refractivity contribution in [3.63, 3.8) is 0 Å². The third kappa shape index (κ3) is 26.9. The molecule has 464 valence electrons. The lowest BCUT2D eigenvalue weighted by Crippen LogP contribution is -3.19. The Kier molecular flexibility index (Phi) is 35.7. The highest BCUT2D eigenvalue weighted by molar-refractivity contribution is 4.74. The van der Waals surface area contributed by atoms with Crippen LogP contribution in [-0.4, -0.2) is 243 Å². The quantitative estimate of drug-likeness (QED) is 0.108. The van der Waals surface area contributed by atoms with Crippen molar-refractivity contribution in [1.82, 2.24) is 0 Å². The third-order valence-corrected chi connectivity index (χ3v) is 17.3. The minimum atomic E-state index is 0.220. The van der Waals surface area contributed by atoms with Crippen LogP contribution in [0.5, 0.6) is 0 Å². The van der Waals surface area contributed by atoms with Crippen LogP contribution in [0.3, 0.4) is 0 Å². The van der Waals surface area contributed by atoms with Gasteiger partial charge in [0.25, 0.3) is 0 Å². The first-order valence-electron chi connectivity index (χ1n) is 29.9. The lowest BCUT2D eigenvalue weighted by molar-refractivity contribution is -0.926. The second-order valence-corrected chi connectivity index (χ2v) is 24.8. The van der Waals surface area contributed by atoms with E-state index in [0.29, 0.717) is 72.5 Å². The molecule has 11 fully saturated rings. The number of fused-ring (bicyclic) bond motifs is 4. The van der Waals surface area contributed by atoms with E-state index in [4.69, 9.17) is 47.4 Å². The van der Waals surface area contributed by atoms with Gasteiger partial charge in [0.05, 0.1) is 231 Å². The van der Waals surface area contributed by atoms with Gasteiger partial charge in [0.1, 0.15) is 12.1 Å². The molecule has 9 N–H and O–H groups in total. The van der Waals surface area contributed by atoms with Crippen LogP contribution >= 0.6 is 0 Å². The van der Waals surface area contributed by atoms with Gasteiger partial charge in [-0.2, -0.15) is 56.4 Å². The molecule has 4 bridgehead atoms. The molecule has 11 aliphatic heterocycles. The molecule has 0 aliphatic carbocycles. The lowest BCUT2D eigenvalue weighted by atomic mass is 10.0. The average molecular weight is 1120 g/mol. The number of hydrogen-bond acceptors (Lipinski definition) is 10. The van der Waals surface area contributed by atoms with Gasteiger partial charge in [-0.15, -0.1) is 7.05 Å². The van der Waals surface area contributed by atoms with Crippen LogP contribution in [0.1, 0.15) is 82.1 Å². The summed E-state index contributed by atoms with van der Waals surface area (Å²) < 4.78 is 52.8. The number of quaternary nitrogens is 9. The summed E-state index contributed by atoms with van der Waals surface area (Å²) in [6.07, 6.45) is 2.65. The SMILES string of the molecule is [CH2-][NH+]1C2CCC1COC2.[CH2-][NH+]1C2COCC1COC2.[CH2-][NH+]1CCOCC1.[CH2-][NH+]1CCOCC1(C)C.[CH2-][NH+]1CCOC[C@@H]1C.[CH2-][NH+]1CCOC[C@H]1C.[CH2-][NH+]1[C@@H](C)COC[C@@H]1C.[CH2-][NH+]1[C@H](C)COC[C@@H]1C.[CH2-][NH+]1[C@H](C)COC[C@H]1C. The van der Waals surface area contributed by atoms with Gasteiger partial charge in [-0.25, -0.2) is 0 Å². The largest absolute Gasteiger partial charge is 0.464 e. The van der Waals surface area contributed by atoms with E-state index < -0.39 is 0 Å². The summed E-state index contributed by atoms with van der Waals surface area (Å²) in [5.74, 6) is 0. The number of hydrogen-bond donors (Lipinski definition) is 9. The fraction of sp³-hybridized carbons (Fsp3) is 0.847. The molecule has 0 aromatic heterocycles. The zero-order valence-electron chi connectivity index (χ0n) is 51.5. The van der Waals surface area contributed by atoms with Crippen LogP contribution in [0.2, 0.25) is 0 Å². The van der Waals surface area contributed by atoms with E-state index in [-0.39, 0.29) is 5.54 Å². The van der Waals surface area contributed by atoms with Crippen LogP contribution in [0.15, 0.2) is 0 Å². The Hall–Kier alpha value is -0.760. The number of nitrogens with one attached hydrogen (secondary N) is 9. The number of morpholine rings is 10. The Morgan fingerprint density at radius 1 is 0.295 bits per heavy atom. The highest BCUT2D eigenvalue weighted by atomic mass is 16.5. The van der Waals surface area contributed by atoms with E-state index in [1.165, 1.54) is 56.9 Å². The van der Waals surface area contributed by atoms with E-state index in [9.17, 15) is 0 Å². The zero-order chi connectivity index (χ0) is 57.8. The Labute approximate surface area is 478 Å². The summed E-state index contributed by atoms with van der Waals surface area (Å²) in [4.78, 5) is 12.2. The highest BCUT2D eigenvalue weighted by Crippen LogP contribution is 2.12. The minimum absolute atomic E-state index is 0.220. The summed E-state index contributed by atoms with van der Waals surface area (Å²) in [7, 11) is 35.7. The smallest absolute Gasteiger partial charge is 0.111 e. The van der Waals surface area contributed by atoms with Crippen molar-refractivity contribution >= 4 is 0 Å². The molecule has 11 aliphatic rings. The molecule has 0 aromatic carbocycles. The van der Waals surface area contributed by atoms with Crippen molar-refractivity contribution in [3.8, 4) is 0 Å². The topological polar surface area (TPSA) is 132 Å². The highest BCUT2D eigenvalue weighted by Gasteiger charge is 2.35. The standard InChI is InChI=1S/C7H13NO2.C7H13NO.4C7H15NO.2C6H13NO.C5H11NO/c1-8-6-2-9-4-7(8)5-10-3-6;1-8-6-2-3-7(8)5-9-4-6;3*1-6-4-9-5-7(2)8(6)3;1-7(2)6-9-5-4-8(7)3;2*1-6-5-8-4-3-7(6)2;1-6-2-4-7-5-3-6/h6-8H,1-5H2;6-8H,1-5H2;3*6-8H,3-5H2,1-2H3;8H,3-6H2,1-2H3;2*6-7H,2-5H2,1H3;6H,1-5H2/t;;6-,7+;2*6-,7-;;2*6-;/m...10.10./s1. The summed E-state index contributed by atoms with van der Waals surface area (Å²) >= 11 is 0.